The molecule has 1 atom stereocenters. The Bertz CT molecular complexity index is 950. The lowest BCUT2D eigenvalue weighted by molar-refractivity contribution is 0.0641. The largest absolute Gasteiger partial charge is 0.495 e. The minimum absolute atomic E-state index is 0.193. The zero-order valence-electron chi connectivity index (χ0n) is 16.1. The Kier molecular flexibility index (Phi) is 5.17. The number of hydrogen-bond acceptors (Lipinski definition) is 4. The van der Waals surface area contributed by atoms with Crippen LogP contribution in [0.4, 0.5) is 14.5 Å². The van der Waals surface area contributed by atoms with Crippen molar-refractivity contribution in [2.24, 2.45) is 0 Å². The van der Waals surface area contributed by atoms with Gasteiger partial charge in [0.15, 0.2) is 0 Å². The number of fused-ring (bicyclic) bond motifs is 1. The maximum atomic E-state index is 13.8. The second-order valence-corrected chi connectivity index (χ2v) is 6.98. The summed E-state index contributed by atoms with van der Waals surface area (Å²) in [6.07, 6.45) is 0. The van der Waals surface area contributed by atoms with Crippen LogP contribution in [0.25, 0.3) is 11.0 Å². The average Bonchev–Trinajstić information content (AvgIpc) is 3.13. The molecule has 0 saturated carbocycles. The summed E-state index contributed by atoms with van der Waals surface area (Å²) in [5, 5.41) is 0. The summed E-state index contributed by atoms with van der Waals surface area (Å²) < 4.78 is 34.1. The van der Waals surface area contributed by atoms with Gasteiger partial charge in [0.1, 0.15) is 11.6 Å². The molecule has 2 aromatic carbocycles. The molecule has 148 valence electrons. The number of hydrogen-bond donors (Lipinski definition) is 0. The highest BCUT2D eigenvalue weighted by molar-refractivity contribution is 5.76. The van der Waals surface area contributed by atoms with Crippen molar-refractivity contribution in [2.75, 3.05) is 38.2 Å². The number of anilines is 1. The Morgan fingerprint density at radius 3 is 2.36 bits per heavy atom. The van der Waals surface area contributed by atoms with E-state index in [1.54, 1.807) is 25.3 Å². The van der Waals surface area contributed by atoms with Gasteiger partial charge in [0.05, 0.1) is 29.9 Å². The molecule has 1 aliphatic rings. The lowest BCUT2D eigenvalue weighted by atomic mass is 10.2. The minimum atomic E-state index is -2.61. The molecule has 1 saturated heterocycles. The minimum Gasteiger partial charge on any atom is -0.495 e. The normalized spacial score (nSPS) is 16.7. The molecule has 0 N–H and O–H groups in total. The van der Waals surface area contributed by atoms with E-state index in [9.17, 15) is 8.78 Å². The van der Waals surface area contributed by atoms with Crippen molar-refractivity contribution in [2.45, 2.75) is 19.5 Å². The van der Waals surface area contributed by atoms with E-state index in [0.29, 0.717) is 16.9 Å². The summed E-state index contributed by atoms with van der Waals surface area (Å²) in [6, 6.07) is 14.8. The molecular formula is C21H24F2N4O. The molecule has 0 amide bonds. The second kappa shape index (κ2) is 7.75. The Morgan fingerprint density at radius 2 is 1.64 bits per heavy atom. The topological polar surface area (TPSA) is 33.5 Å². The van der Waals surface area contributed by atoms with Crippen LogP contribution in [0.1, 0.15) is 25.3 Å². The number of piperazine rings is 1. The standard InChI is InChI=1S/C21H24F2N4O/c1-15(20-24-16-7-3-4-8-17(16)27(20)21(22)23)25-11-13-26(14-12-25)18-9-5-6-10-19(18)28-2/h3-10,15,21H,11-14H2,1-2H3. The smallest absolute Gasteiger partial charge is 0.320 e. The fraction of sp³-hybridized carbons (Fsp3) is 0.381. The van der Waals surface area contributed by atoms with Crippen LogP contribution in [0, 0.1) is 0 Å². The summed E-state index contributed by atoms with van der Waals surface area (Å²) in [7, 11) is 1.67. The van der Waals surface area contributed by atoms with E-state index in [4.69, 9.17) is 4.74 Å². The molecular weight excluding hydrogens is 362 g/mol. The van der Waals surface area contributed by atoms with Crippen LogP contribution < -0.4 is 9.64 Å². The van der Waals surface area contributed by atoms with E-state index in [2.05, 4.69) is 14.8 Å². The first-order valence-electron chi connectivity index (χ1n) is 9.47. The summed E-state index contributed by atoms with van der Waals surface area (Å²) >= 11 is 0. The molecule has 2 heterocycles. The lowest BCUT2D eigenvalue weighted by Crippen LogP contribution is -2.47. The Balaban J connectivity index is 1.54. The molecule has 1 fully saturated rings. The van der Waals surface area contributed by atoms with E-state index in [-0.39, 0.29) is 6.04 Å². The number of ether oxygens (including phenoxy) is 1. The van der Waals surface area contributed by atoms with Crippen molar-refractivity contribution >= 4 is 16.7 Å². The van der Waals surface area contributed by atoms with Crippen molar-refractivity contribution in [1.82, 2.24) is 14.5 Å². The van der Waals surface area contributed by atoms with Gasteiger partial charge in [-0.3, -0.25) is 9.47 Å². The predicted octanol–water partition coefficient (Wildman–Crippen LogP) is 4.32. The molecule has 0 radical (unpaired) electrons. The van der Waals surface area contributed by atoms with Gasteiger partial charge in [0.2, 0.25) is 0 Å². The Hall–Kier alpha value is -2.67. The van der Waals surface area contributed by atoms with E-state index in [1.165, 1.54) is 0 Å². The van der Waals surface area contributed by atoms with Crippen LogP contribution in [0.15, 0.2) is 48.5 Å². The van der Waals surface area contributed by atoms with Crippen LogP contribution in [0.5, 0.6) is 5.75 Å². The predicted molar refractivity (Wildman–Crippen MR) is 106 cm³/mol. The quantitative estimate of drug-likeness (QED) is 0.654. The third kappa shape index (κ3) is 3.30. The van der Waals surface area contributed by atoms with Gasteiger partial charge in [-0.2, -0.15) is 8.78 Å². The SMILES string of the molecule is COc1ccccc1N1CCN(C(C)c2nc3ccccc3n2C(F)F)CC1. The number of methoxy groups -OCH3 is 1. The zero-order chi connectivity index (χ0) is 19.7. The third-order valence-corrected chi connectivity index (χ3v) is 5.48. The third-order valence-electron chi connectivity index (χ3n) is 5.48. The van der Waals surface area contributed by atoms with Gasteiger partial charge in [0, 0.05) is 26.2 Å². The van der Waals surface area contributed by atoms with E-state index >= 15 is 0 Å². The number of alkyl halides is 2. The molecule has 1 aromatic heterocycles. The monoisotopic (exact) mass is 386 g/mol. The van der Waals surface area contributed by atoms with Gasteiger partial charge in [-0.05, 0) is 31.2 Å². The molecule has 0 spiro atoms. The number of nitrogens with zero attached hydrogens (tertiary/aromatic N) is 4. The van der Waals surface area contributed by atoms with Crippen LogP contribution in [-0.2, 0) is 0 Å². The molecule has 5 nitrogen and oxygen atoms in total. The molecule has 0 bridgehead atoms. The second-order valence-electron chi connectivity index (χ2n) is 6.98. The number of benzene rings is 2. The first-order chi connectivity index (χ1) is 13.6. The number of halogens is 2. The summed E-state index contributed by atoms with van der Waals surface area (Å²) in [5.41, 5.74) is 2.15. The molecule has 7 heteroatoms. The molecule has 1 aliphatic heterocycles. The first-order valence-corrected chi connectivity index (χ1v) is 9.47. The Morgan fingerprint density at radius 1 is 0.964 bits per heavy atom. The van der Waals surface area contributed by atoms with E-state index in [0.717, 1.165) is 42.2 Å². The van der Waals surface area contributed by atoms with Gasteiger partial charge in [-0.25, -0.2) is 4.98 Å². The van der Waals surface area contributed by atoms with Gasteiger partial charge < -0.3 is 9.64 Å². The van der Waals surface area contributed by atoms with Crippen molar-refractivity contribution in [3.8, 4) is 5.75 Å². The number of rotatable bonds is 5. The maximum absolute atomic E-state index is 13.8. The van der Waals surface area contributed by atoms with Crippen LogP contribution >= 0.6 is 0 Å². The number of imidazole rings is 1. The summed E-state index contributed by atoms with van der Waals surface area (Å²) in [6.45, 7) is 2.50. The van der Waals surface area contributed by atoms with Crippen LogP contribution in [-0.4, -0.2) is 47.7 Å². The highest BCUT2D eigenvalue weighted by Gasteiger charge is 2.28. The fourth-order valence-electron chi connectivity index (χ4n) is 3.97. The Labute approximate surface area is 163 Å². The van der Waals surface area contributed by atoms with Gasteiger partial charge in [-0.1, -0.05) is 24.3 Å². The maximum Gasteiger partial charge on any atom is 0.320 e. The van der Waals surface area contributed by atoms with Gasteiger partial charge in [-0.15, -0.1) is 0 Å². The molecule has 28 heavy (non-hydrogen) atoms. The number of aromatic nitrogens is 2. The zero-order valence-corrected chi connectivity index (χ0v) is 16.1. The fourth-order valence-corrected chi connectivity index (χ4v) is 3.97. The molecule has 1 unspecified atom stereocenters. The van der Waals surface area contributed by atoms with Gasteiger partial charge in [0.25, 0.3) is 0 Å². The average molecular weight is 386 g/mol. The summed E-state index contributed by atoms with van der Waals surface area (Å²) in [5.74, 6) is 1.27. The summed E-state index contributed by atoms with van der Waals surface area (Å²) in [4.78, 5) is 9.01. The molecule has 3 aromatic rings. The highest BCUT2D eigenvalue weighted by atomic mass is 19.3. The van der Waals surface area contributed by atoms with Crippen molar-refractivity contribution in [3.63, 3.8) is 0 Å². The number of para-hydroxylation sites is 4. The van der Waals surface area contributed by atoms with E-state index < -0.39 is 6.55 Å². The molecule has 4 rings (SSSR count). The molecule has 0 aliphatic carbocycles. The highest BCUT2D eigenvalue weighted by Crippen LogP contribution is 2.32. The van der Waals surface area contributed by atoms with E-state index in [1.807, 2.05) is 37.3 Å². The van der Waals surface area contributed by atoms with Crippen molar-refractivity contribution in [1.29, 1.82) is 0 Å². The van der Waals surface area contributed by atoms with Crippen molar-refractivity contribution in [3.05, 3.63) is 54.4 Å². The van der Waals surface area contributed by atoms with Crippen molar-refractivity contribution < 1.29 is 13.5 Å². The lowest BCUT2D eigenvalue weighted by Gasteiger charge is -2.39. The van der Waals surface area contributed by atoms with Gasteiger partial charge >= 0.3 is 6.55 Å². The van der Waals surface area contributed by atoms with Crippen LogP contribution in [0.3, 0.4) is 0 Å². The van der Waals surface area contributed by atoms with Crippen LogP contribution in [0.2, 0.25) is 0 Å². The first kappa shape index (κ1) is 18.7.